The summed E-state index contributed by atoms with van der Waals surface area (Å²) >= 11 is 0. The third-order valence-electron chi connectivity index (χ3n) is 10.0. The number of amides is 1. The van der Waals surface area contributed by atoms with Crippen molar-refractivity contribution in [1.29, 1.82) is 0 Å². The van der Waals surface area contributed by atoms with Crippen LogP contribution in [0.25, 0.3) is 0 Å². The van der Waals surface area contributed by atoms with E-state index in [-0.39, 0.29) is 12.0 Å². The number of carbonyl (C=O) groups excluding carboxylic acids is 1. The maximum absolute atomic E-state index is 10.9. The van der Waals surface area contributed by atoms with Gasteiger partial charge in [-0.3, -0.25) is 4.79 Å². The van der Waals surface area contributed by atoms with E-state index < -0.39 is 5.60 Å². The van der Waals surface area contributed by atoms with E-state index in [1.54, 1.807) is 0 Å². The summed E-state index contributed by atoms with van der Waals surface area (Å²) in [5.74, 6) is 1.90. The smallest absolute Gasteiger partial charge is 0.220 e. The minimum absolute atomic E-state index is 0.102. The molecular formula is C35H69NO4. The molecule has 0 spiro atoms. The molecule has 3 aliphatic carbocycles. The van der Waals surface area contributed by atoms with E-state index in [0.29, 0.717) is 52.4 Å². The van der Waals surface area contributed by atoms with E-state index in [1.165, 1.54) is 57.8 Å². The van der Waals surface area contributed by atoms with Crippen molar-refractivity contribution in [3.63, 3.8) is 0 Å². The molecular weight excluding hydrogens is 498 g/mol. The summed E-state index contributed by atoms with van der Waals surface area (Å²) in [6.07, 6.45) is 13.9. The summed E-state index contributed by atoms with van der Waals surface area (Å²) in [6.45, 7) is 25.1. The van der Waals surface area contributed by atoms with Crippen LogP contribution < -0.4 is 5.32 Å². The number of rotatable bonds is 3. The molecule has 4 rings (SSSR count). The molecule has 40 heavy (non-hydrogen) atoms. The lowest BCUT2D eigenvalue weighted by molar-refractivity contribution is -0.120. The molecule has 0 radical (unpaired) electrons. The molecule has 3 saturated carbocycles. The summed E-state index contributed by atoms with van der Waals surface area (Å²) in [6, 6.07) is 0. The highest BCUT2D eigenvalue weighted by Gasteiger charge is 2.43. The largest absolute Gasteiger partial charge is 0.396 e. The predicted molar refractivity (Wildman–Crippen MR) is 169 cm³/mol. The lowest BCUT2D eigenvalue weighted by atomic mass is 9.59. The SMILES string of the molecule is CC(O)C1CCCC(C)(C)C1.CC1(C)CC(C(C)(C)O)C1.CC1(C)CCC(CO)C1.CC1(C)CCNC(=O)CC1. The van der Waals surface area contributed by atoms with Gasteiger partial charge in [0.25, 0.3) is 0 Å². The molecule has 0 aromatic rings. The van der Waals surface area contributed by atoms with Crippen LogP contribution in [0, 0.1) is 39.4 Å². The Bertz CT molecular complexity index is 739. The summed E-state index contributed by atoms with van der Waals surface area (Å²) < 4.78 is 0. The molecule has 238 valence electrons. The Hall–Kier alpha value is -0.650. The molecule has 3 atom stereocenters. The molecule has 4 N–H and O–H groups in total. The van der Waals surface area contributed by atoms with Crippen molar-refractivity contribution in [2.24, 2.45) is 39.4 Å². The minimum Gasteiger partial charge on any atom is -0.396 e. The molecule has 0 aromatic carbocycles. The zero-order valence-electron chi connectivity index (χ0n) is 28.5. The van der Waals surface area contributed by atoms with E-state index in [9.17, 15) is 15.0 Å². The van der Waals surface area contributed by atoms with Crippen molar-refractivity contribution in [3.8, 4) is 0 Å². The zero-order chi connectivity index (χ0) is 31.0. The number of carbonyl (C=O) groups is 1. The quantitative estimate of drug-likeness (QED) is 0.279. The fourth-order valence-corrected chi connectivity index (χ4v) is 6.88. The average Bonchev–Trinajstić information content (AvgIpc) is 3.06. The molecule has 4 fully saturated rings. The van der Waals surface area contributed by atoms with Gasteiger partial charge in [0.05, 0.1) is 11.7 Å². The first kappa shape index (κ1) is 37.4. The van der Waals surface area contributed by atoms with E-state index in [0.717, 1.165) is 19.4 Å². The van der Waals surface area contributed by atoms with Crippen molar-refractivity contribution >= 4 is 5.91 Å². The molecule has 0 aromatic heterocycles. The van der Waals surface area contributed by atoms with E-state index in [1.807, 2.05) is 20.8 Å². The molecule has 1 saturated heterocycles. The average molecular weight is 568 g/mol. The van der Waals surface area contributed by atoms with Gasteiger partial charge in [0.15, 0.2) is 0 Å². The van der Waals surface area contributed by atoms with Gasteiger partial charge < -0.3 is 20.6 Å². The lowest BCUT2D eigenvalue weighted by Crippen LogP contribution is -2.44. The Morgan fingerprint density at radius 2 is 1.40 bits per heavy atom. The molecule has 4 aliphatic rings. The van der Waals surface area contributed by atoms with Gasteiger partial charge in [0.2, 0.25) is 5.91 Å². The lowest BCUT2D eigenvalue weighted by Gasteiger charge is -2.48. The molecule has 1 aliphatic heterocycles. The zero-order valence-corrected chi connectivity index (χ0v) is 28.5. The summed E-state index contributed by atoms with van der Waals surface area (Å²) in [5, 5.41) is 30.6. The fraction of sp³-hybridized carbons (Fsp3) is 0.971. The second-order valence-electron chi connectivity index (χ2n) is 17.4. The van der Waals surface area contributed by atoms with Crippen LogP contribution in [0.4, 0.5) is 0 Å². The monoisotopic (exact) mass is 568 g/mol. The van der Waals surface area contributed by atoms with Crippen LogP contribution in [-0.4, -0.2) is 46.1 Å². The van der Waals surface area contributed by atoms with E-state index in [4.69, 9.17) is 5.11 Å². The van der Waals surface area contributed by atoms with Gasteiger partial charge in [-0.1, -0.05) is 61.8 Å². The highest BCUT2D eigenvalue weighted by atomic mass is 16.3. The highest BCUT2D eigenvalue weighted by Crippen LogP contribution is 2.49. The third kappa shape index (κ3) is 15.0. The van der Waals surface area contributed by atoms with Gasteiger partial charge in [0, 0.05) is 19.6 Å². The van der Waals surface area contributed by atoms with Crippen molar-refractivity contribution in [1.82, 2.24) is 5.32 Å². The first-order valence-electron chi connectivity index (χ1n) is 16.3. The Labute approximate surface area is 248 Å². The van der Waals surface area contributed by atoms with Crippen LogP contribution in [0.1, 0.15) is 153 Å². The van der Waals surface area contributed by atoms with Crippen LogP contribution >= 0.6 is 0 Å². The van der Waals surface area contributed by atoms with Crippen molar-refractivity contribution < 1.29 is 20.1 Å². The summed E-state index contributed by atoms with van der Waals surface area (Å²) in [7, 11) is 0. The van der Waals surface area contributed by atoms with Gasteiger partial charge in [-0.15, -0.1) is 0 Å². The highest BCUT2D eigenvalue weighted by molar-refractivity contribution is 5.76. The Morgan fingerprint density at radius 1 is 0.825 bits per heavy atom. The Morgan fingerprint density at radius 3 is 1.75 bits per heavy atom. The maximum atomic E-state index is 10.9. The standard InChI is InChI=1S/C10H20O.C9H18O.C8H15NO.C8H16O/c1-8(11)9-5-4-6-10(2,3)7-9;1-8(2)5-7(6-8)9(3,4)10;1-8(2)4-3-7(10)9-6-5-8;1-8(2)4-3-7(5-8)6-9/h8-9,11H,4-7H2,1-3H3;7,10H,5-6H2,1-4H3;3-6H2,1-2H3,(H,9,10);7,9H,3-6H2,1-2H3. The van der Waals surface area contributed by atoms with Gasteiger partial charge >= 0.3 is 0 Å². The first-order chi connectivity index (χ1) is 18.1. The summed E-state index contributed by atoms with van der Waals surface area (Å²) in [4.78, 5) is 10.9. The molecule has 3 unspecified atom stereocenters. The van der Waals surface area contributed by atoms with Crippen LogP contribution in [0.3, 0.4) is 0 Å². The first-order valence-corrected chi connectivity index (χ1v) is 16.3. The molecule has 5 heteroatoms. The minimum atomic E-state index is -0.449. The van der Waals surface area contributed by atoms with Crippen LogP contribution in [0.5, 0.6) is 0 Å². The number of aliphatic hydroxyl groups is 3. The van der Waals surface area contributed by atoms with E-state index >= 15 is 0 Å². The van der Waals surface area contributed by atoms with E-state index in [2.05, 4.69) is 60.7 Å². The number of nitrogens with one attached hydrogen (secondary N) is 1. The van der Waals surface area contributed by atoms with Crippen LogP contribution in [0.2, 0.25) is 0 Å². The number of hydrogen-bond acceptors (Lipinski definition) is 4. The topological polar surface area (TPSA) is 89.8 Å². The normalized spacial score (nSPS) is 29.4. The van der Waals surface area contributed by atoms with Crippen molar-refractivity contribution in [3.05, 3.63) is 0 Å². The van der Waals surface area contributed by atoms with Crippen LogP contribution in [0.15, 0.2) is 0 Å². The van der Waals surface area contributed by atoms with Crippen molar-refractivity contribution in [2.45, 2.75) is 165 Å². The molecule has 1 amide bonds. The fourth-order valence-electron chi connectivity index (χ4n) is 6.88. The summed E-state index contributed by atoms with van der Waals surface area (Å²) in [5.41, 5.74) is 1.38. The second kappa shape index (κ2) is 15.2. The van der Waals surface area contributed by atoms with Gasteiger partial charge in [-0.25, -0.2) is 0 Å². The molecule has 1 heterocycles. The predicted octanol–water partition coefficient (Wildman–Crippen LogP) is 7.89. The van der Waals surface area contributed by atoms with Crippen LogP contribution in [-0.2, 0) is 4.79 Å². The third-order valence-corrected chi connectivity index (χ3v) is 10.0. The molecule has 5 nitrogen and oxygen atoms in total. The maximum Gasteiger partial charge on any atom is 0.220 e. The van der Waals surface area contributed by atoms with Crippen molar-refractivity contribution in [2.75, 3.05) is 13.2 Å². The van der Waals surface area contributed by atoms with Gasteiger partial charge in [-0.05, 0) is 124 Å². The second-order valence-corrected chi connectivity index (χ2v) is 17.4. The van der Waals surface area contributed by atoms with Gasteiger partial charge in [-0.2, -0.15) is 0 Å². The Balaban J connectivity index is 0.000000267. The number of hydrogen-bond donors (Lipinski definition) is 4. The van der Waals surface area contributed by atoms with Gasteiger partial charge in [0.1, 0.15) is 0 Å². The Kier molecular flexibility index (Phi) is 14.2. The molecule has 0 bridgehead atoms. The number of aliphatic hydroxyl groups excluding tert-OH is 2.